The molecule has 10 nitrogen and oxygen atoms in total. The summed E-state index contributed by atoms with van der Waals surface area (Å²) in [6.45, 7) is 1.95. The Morgan fingerprint density at radius 1 is 1.30 bits per heavy atom. The minimum atomic E-state index is -5.08. The van der Waals surface area contributed by atoms with E-state index >= 15 is 0 Å². The van der Waals surface area contributed by atoms with Gasteiger partial charge in [-0.1, -0.05) is 5.16 Å². The first-order valence-corrected chi connectivity index (χ1v) is 9.30. The number of aromatic nitrogens is 5. The third kappa shape index (κ3) is 5.07. The third-order valence-electron chi connectivity index (χ3n) is 3.91. The van der Waals surface area contributed by atoms with Gasteiger partial charge in [0.15, 0.2) is 5.01 Å². The summed E-state index contributed by atoms with van der Waals surface area (Å²) in [4.78, 5) is 30.0. The topological polar surface area (TPSA) is 130 Å². The number of aliphatic carboxylic acids is 1. The average Bonchev–Trinajstić information content (AvgIpc) is 3.34. The Bertz CT molecular complexity index is 1020. The van der Waals surface area contributed by atoms with E-state index in [9.17, 15) is 13.2 Å². The van der Waals surface area contributed by atoms with Crippen LogP contribution >= 0.6 is 11.3 Å². The molecule has 160 valence electrons. The second kappa shape index (κ2) is 8.71. The molecule has 0 radical (unpaired) electrons. The molecule has 0 saturated carbocycles. The standard InChI is InChI=1S/C14H15N7OS.C2HF3O2/c1-15-11-6-16-9(5-17-11)12-19-13(22-20-12)14-18-8-3-4-21(2)7-10(8)23-14;3-2(4,5)1(6)7/h5-6H,3-4,7H2,1-2H3,(H,15,17);(H,6,7). The van der Waals surface area contributed by atoms with E-state index in [1.54, 1.807) is 30.8 Å². The highest BCUT2D eigenvalue weighted by molar-refractivity contribution is 7.15. The zero-order chi connectivity index (χ0) is 21.9. The van der Waals surface area contributed by atoms with Crippen molar-refractivity contribution >= 4 is 23.1 Å². The molecule has 0 amide bonds. The molecule has 2 N–H and O–H groups in total. The molecule has 0 atom stereocenters. The molecule has 0 aromatic carbocycles. The summed E-state index contributed by atoms with van der Waals surface area (Å²) in [7, 11) is 3.90. The molecule has 30 heavy (non-hydrogen) atoms. The Balaban J connectivity index is 0.000000318. The fourth-order valence-electron chi connectivity index (χ4n) is 2.40. The normalized spacial score (nSPS) is 13.9. The number of nitrogens with zero attached hydrogens (tertiary/aromatic N) is 6. The lowest BCUT2D eigenvalue weighted by Crippen LogP contribution is -2.25. The number of anilines is 1. The van der Waals surface area contributed by atoms with Gasteiger partial charge in [-0.25, -0.2) is 19.7 Å². The predicted molar refractivity (Wildman–Crippen MR) is 99.7 cm³/mol. The van der Waals surface area contributed by atoms with Crippen LogP contribution in [0.3, 0.4) is 0 Å². The zero-order valence-electron chi connectivity index (χ0n) is 15.8. The summed E-state index contributed by atoms with van der Waals surface area (Å²) in [5.74, 6) is -1.22. The summed E-state index contributed by atoms with van der Waals surface area (Å²) >= 11 is 1.61. The Morgan fingerprint density at radius 2 is 2.03 bits per heavy atom. The number of fused-ring (bicyclic) bond motifs is 1. The minimum absolute atomic E-state index is 0.417. The van der Waals surface area contributed by atoms with Crippen LogP contribution in [0, 0.1) is 0 Å². The number of rotatable bonds is 3. The monoisotopic (exact) mass is 443 g/mol. The molecule has 0 saturated heterocycles. The summed E-state index contributed by atoms with van der Waals surface area (Å²) in [5.41, 5.74) is 1.71. The number of alkyl halides is 3. The first-order chi connectivity index (χ1) is 14.2. The maximum Gasteiger partial charge on any atom is 0.490 e. The van der Waals surface area contributed by atoms with Gasteiger partial charge in [0, 0.05) is 31.4 Å². The molecule has 1 aliphatic heterocycles. The molecule has 0 spiro atoms. The van der Waals surface area contributed by atoms with Gasteiger partial charge in [-0.3, -0.25) is 0 Å². The van der Waals surface area contributed by atoms with E-state index in [1.165, 1.54) is 4.88 Å². The summed E-state index contributed by atoms with van der Waals surface area (Å²) in [6.07, 6.45) is -0.883. The fraction of sp³-hybridized carbons (Fsp3) is 0.375. The van der Waals surface area contributed by atoms with Gasteiger partial charge in [0.05, 0.1) is 18.1 Å². The molecule has 0 bridgehead atoms. The van der Waals surface area contributed by atoms with Crippen LogP contribution in [0.2, 0.25) is 0 Å². The molecular weight excluding hydrogens is 427 g/mol. The van der Waals surface area contributed by atoms with Crippen LogP contribution in [0.25, 0.3) is 22.4 Å². The van der Waals surface area contributed by atoms with Crippen molar-refractivity contribution in [2.45, 2.75) is 19.1 Å². The number of carboxylic acid groups (broad SMARTS) is 1. The van der Waals surface area contributed by atoms with Crippen molar-refractivity contribution in [2.24, 2.45) is 0 Å². The lowest BCUT2D eigenvalue weighted by molar-refractivity contribution is -0.192. The summed E-state index contributed by atoms with van der Waals surface area (Å²) in [6, 6.07) is 0. The molecule has 14 heteroatoms. The minimum Gasteiger partial charge on any atom is -0.475 e. The van der Waals surface area contributed by atoms with Gasteiger partial charge in [-0.15, -0.1) is 11.3 Å². The van der Waals surface area contributed by atoms with Crippen LogP contribution < -0.4 is 5.32 Å². The van der Waals surface area contributed by atoms with Crippen molar-refractivity contribution < 1.29 is 27.6 Å². The van der Waals surface area contributed by atoms with E-state index in [4.69, 9.17) is 14.4 Å². The van der Waals surface area contributed by atoms with E-state index in [1.807, 2.05) is 0 Å². The van der Waals surface area contributed by atoms with E-state index in [2.05, 4.69) is 42.4 Å². The molecule has 0 unspecified atom stereocenters. The lowest BCUT2D eigenvalue weighted by atomic mass is 10.2. The number of carboxylic acids is 1. The highest BCUT2D eigenvalue weighted by atomic mass is 32.1. The van der Waals surface area contributed by atoms with Gasteiger partial charge >= 0.3 is 12.1 Å². The van der Waals surface area contributed by atoms with Gasteiger partial charge in [-0.2, -0.15) is 18.2 Å². The van der Waals surface area contributed by atoms with Crippen LogP contribution in [0.1, 0.15) is 10.6 Å². The van der Waals surface area contributed by atoms with Crippen molar-refractivity contribution in [3.05, 3.63) is 23.0 Å². The van der Waals surface area contributed by atoms with Crippen molar-refractivity contribution in [2.75, 3.05) is 26.0 Å². The van der Waals surface area contributed by atoms with Gasteiger partial charge in [0.25, 0.3) is 5.89 Å². The number of likely N-dealkylation sites (N-methyl/N-ethyl adjacent to an activating group) is 1. The Hall–Kier alpha value is -3.13. The highest BCUT2D eigenvalue weighted by Crippen LogP contribution is 2.31. The van der Waals surface area contributed by atoms with Crippen molar-refractivity contribution in [3.8, 4) is 22.4 Å². The molecule has 0 fully saturated rings. The number of nitrogens with one attached hydrogen (secondary N) is 1. The highest BCUT2D eigenvalue weighted by Gasteiger charge is 2.38. The molecule has 3 aromatic rings. The van der Waals surface area contributed by atoms with E-state index in [-0.39, 0.29) is 0 Å². The van der Waals surface area contributed by atoms with Gasteiger partial charge < -0.3 is 19.8 Å². The SMILES string of the molecule is CNc1cnc(-c2noc(-c3nc4c(s3)CN(C)CC4)n2)cn1.O=C(O)C(F)(F)F. The van der Waals surface area contributed by atoms with Crippen LogP contribution in [0.5, 0.6) is 0 Å². The second-order valence-electron chi connectivity index (χ2n) is 6.14. The van der Waals surface area contributed by atoms with Crippen LogP contribution in [0.15, 0.2) is 16.9 Å². The molecule has 4 heterocycles. The van der Waals surface area contributed by atoms with Gasteiger partial charge in [-0.05, 0) is 7.05 Å². The third-order valence-corrected chi connectivity index (χ3v) is 4.98. The predicted octanol–water partition coefficient (Wildman–Crippen LogP) is 2.31. The first kappa shape index (κ1) is 21.6. The number of thiazole rings is 1. The quantitative estimate of drug-likeness (QED) is 0.622. The van der Waals surface area contributed by atoms with Crippen LogP contribution in [-0.4, -0.2) is 67.9 Å². The first-order valence-electron chi connectivity index (χ1n) is 8.49. The summed E-state index contributed by atoms with van der Waals surface area (Å²) in [5, 5.41) is 14.8. The largest absolute Gasteiger partial charge is 0.490 e. The smallest absolute Gasteiger partial charge is 0.475 e. The van der Waals surface area contributed by atoms with Gasteiger partial charge in [0.2, 0.25) is 5.82 Å². The Kier molecular flexibility index (Phi) is 6.26. The van der Waals surface area contributed by atoms with Crippen LogP contribution in [0.4, 0.5) is 19.0 Å². The fourth-order valence-corrected chi connectivity index (χ4v) is 3.51. The molecule has 0 aliphatic carbocycles. The van der Waals surface area contributed by atoms with E-state index in [0.29, 0.717) is 23.2 Å². The van der Waals surface area contributed by atoms with E-state index < -0.39 is 12.1 Å². The van der Waals surface area contributed by atoms with Crippen molar-refractivity contribution in [1.29, 1.82) is 0 Å². The molecular formula is C16H16F3N7O3S. The Morgan fingerprint density at radius 3 is 2.63 bits per heavy atom. The number of carbonyl (C=O) groups is 1. The second-order valence-corrected chi connectivity index (χ2v) is 7.22. The lowest BCUT2D eigenvalue weighted by Gasteiger charge is -2.20. The summed E-state index contributed by atoms with van der Waals surface area (Å²) < 4.78 is 37.1. The average molecular weight is 443 g/mol. The van der Waals surface area contributed by atoms with Crippen LogP contribution in [-0.2, 0) is 17.8 Å². The number of hydrogen-bond acceptors (Lipinski definition) is 10. The molecule has 3 aromatic heterocycles. The van der Waals surface area contributed by atoms with Crippen molar-refractivity contribution in [3.63, 3.8) is 0 Å². The number of halogens is 3. The maximum atomic E-state index is 10.6. The molecule has 4 rings (SSSR count). The van der Waals surface area contributed by atoms with Crippen molar-refractivity contribution in [1.82, 2.24) is 30.0 Å². The van der Waals surface area contributed by atoms with Gasteiger partial charge in [0.1, 0.15) is 11.5 Å². The van der Waals surface area contributed by atoms with E-state index in [0.717, 1.165) is 30.2 Å². The Labute approximate surface area is 171 Å². The number of hydrogen-bond donors (Lipinski definition) is 2. The maximum absolute atomic E-state index is 10.6. The molecule has 1 aliphatic rings. The zero-order valence-corrected chi connectivity index (χ0v) is 16.6.